The fourth-order valence-corrected chi connectivity index (χ4v) is 4.71. The third kappa shape index (κ3) is 3.91. The number of carbonyl (C=O) groups is 1. The van der Waals surface area contributed by atoms with Crippen molar-refractivity contribution in [3.8, 4) is 11.3 Å². The molecular formula is C22H13ClN2O6S. The Morgan fingerprint density at radius 2 is 1.56 bits per heavy atom. The Balaban J connectivity index is 1.91. The van der Waals surface area contributed by atoms with E-state index in [0.717, 1.165) is 12.1 Å². The predicted octanol–water partition coefficient (Wildman–Crippen LogP) is 4.97. The first-order valence-corrected chi connectivity index (χ1v) is 11.0. The summed E-state index contributed by atoms with van der Waals surface area (Å²) in [5, 5.41) is 15.1. The normalized spacial score (nSPS) is 11.3. The molecule has 1 aromatic heterocycles. The Labute approximate surface area is 187 Å². The molecule has 0 aliphatic heterocycles. The molecular weight excluding hydrogens is 456 g/mol. The molecule has 4 rings (SSSR count). The van der Waals surface area contributed by atoms with Gasteiger partial charge in [0.15, 0.2) is 16.3 Å². The molecule has 0 aliphatic rings. The monoisotopic (exact) mass is 468 g/mol. The third-order valence-electron chi connectivity index (χ3n) is 4.63. The first kappa shape index (κ1) is 21.4. The number of halogens is 1. The standard InChI is InChI=1S/C22H13ClN2O6S/c23-16-10-6-15(7-11-16)21-22(32(29,30)18-4-2-1-3-5-18)19(24-31-21)20(26)14-8-12-17(13-9-14)25(27)28/h1-13H. The van der Waals surface area contributed by atoms with Crippen LogP contribution in [0.5, 0.6) is 0 Å². The van der Waals surface area contributed by atoms with Crippen LogP contribution in [-0.2, 0) is 9.84 Å². The van der Waals surface area contributed by atoms with E-state index in [1.807, 2.05) is 0 Å². The van der Waals surface area contributed by atoms with Gasteiger partial charge >= 0.3 is 0 Å². The van der Waals surface area contributed by atoms with Gasteiger partial charge in [-0.2, -0.15) is 0 Å². The number of benzene rings is 3. The van der Waals surface area contributed by atoms with E-state index >= 15 is 0 Å². The first-order valence-electron chi connectivity index (χ1n) is 9.14. The molecule has 10 heteroatoms. The molecule has 0 fully saturated rings. The number of rotatable bonds is 6. The Morgan fingerprint density at radius 1 is 0.938 bits per heavy atom. The second kappa shape index (κ2) is 8.37. The van der Waals surface area contributed by atoms with Gasteiger partial charge in [-0.3, -0.25) is 14.9 Å². The first-order chi connectivity index (χ1) is 15.3. The Bertz CT molecular complexity index is 1410. The lowest BCUT2D eigenvalue weighted by Gasteiger charge is -2.07. The van der Waals surface area contributed by atoms with Gasteiger partial charge in [0.1, 0.15) is 0 Å². The smallest absolute Gasteiger partial charge is 0.269 e. The topological polar surface area (TPSA) is 120 Å². The summed E-state index contributed by atoms with van der Waals surface area (Å²) in [6, 6.07) is 18.5. The number of ketones is 1. The molecule has 8 nitrogen and oxygen atoms in total. The summed E-state index contributed by atoms with van der Waals surface area (Å²) in [4.78, 5) is 23.0. The van der Waals surface area contributed by atoms with Crippen molar-refractivity contribution in [1.82, 2.24) is 5.16 Å². The van der Waals surface area contributed by atoms with Gasteiger partial charge in [0.25, 0.3) is 5.69 Å². The number of nitro benzene ring substituents is 1. The van der Waals surface area contributed by atoms with E-state index in [-0.39, 0.29) is 21.9 Å². The van der Waals surface area contributed by atoms with Crippen LogP contribution in [0.25, 0.3) is 11.3 Å². The lowest BCUT2D eigenvalue weighted by molar-refractivity contribution is -0.384. The summed E-state index contributed by atoms with van der Waals surface area (Å²) >= 11 is 5.93. The van der Waals surface area contributed by atoms with Crippen LogP contribution in [0.4, 0.5) is 5.69 Å². The van der Waals surface area contributed by atoms with Crippen molar-refractivity contribution in [2.45, 2.75) is 9.79 Å². The van der Waals surface area contributed by atoms with E-state index in [0.29, 0.717) is 10.6 Å². The second-order valence-electron chi connectivity index (χ2n) is 6.65. The van der Waals surface area contributed by atoms with E-state index in [1.165, 1.54) is 24.3 Å². The number of sulfone groups is 1. The molecule has 0 unspecified atom stereocenters. The summed E-state index contributed by atoms with van der Waals surface area (Å²) in [5.41, 5.74) is -0.247. The molecule has 3 aromatic carbocycles. The van der Waals surface area contributed by atoms with Crippen molar-refractivity contribution in [3.05, 3.63) is 105 Å². The number of carbonyl (C=O) groups excluding carboxylic acids is 1. The molecule has 0 spiro atoms. The zero-order chi connectivity index (χ0) is 22.9. The molecule has 0 bridgehead atoms. The van der Waals surface area contributed by atoms with Crippen molar-refractivity contribution < 1.29 is 22.7 Å². The van der Waals surface area contributed by atoms with Crippen molar-refractivity contribution in [1.29, 1.82) is 0 Å². The van der Waals surface area contributed by atoms with Crippen LogP contribution >= 0.6 is 11.6 Å². The number of non-ortho nitro benzene ring substituents is 1. The van der Waals surface area contributed by atoms with Crippen LogP contribution < -0.4 is 0 Å². The molecule has 0 saturated heterocycles. The highest BCUT2D eigenvalue weighted by Crippen LogP contribution is 2.35. The Morgan fingerprint density at radius 3 is 2.16 bits per heavy atom. The summed E-state index contributed by atoms with van der Waals surface area (Å²) in [5.74, 6) is -0.867. The minimum Gasteiger partial charge on any atom is -0.354 e. The van der Waals surface area contributed by atoms with E-state index in [2.05, 4.69) is 5.16 Å². The summed E-state index contributed by atoms with van der Waals surface area (Å²) in [6.07, 6.45) is 0. The molecule has 0 N–H and O–H groups in total. The second-order valence-corrected chi connectivity index (χ2v) is 8.97. The number of nitrogens with zero attached hydrogens (tertiary/aromatic N) is 2. The van der Waals surface area contributed by atoms with Crippen molar-refractivity contribution in [3.63, 3.8) is 0 Å². The zero-order valence-corrected chi connectivity index (χ0v) is 17.7. The van der Waals surface area contributed by atoms with Crippen LogP contribution in [0, 0.1) is 10.1 Å². The van der Waals surface area contributed by atoms with Crippen LogP contribution in [0.15, 0.2) is 93.2 Å². The highest BCUT2D eigenvalue weighted by atomic mass is 35.5. The maximum Gasteiger partial charge on any atom is 0.269 e. The molecule has 0 saturated carbocycles. The SMILES string of the molecule is O=C(c1ccc([N+](=O)[O-])cc1)c1noc(-c2ccc(Cl)cc2)c1S(=O)(=O)c1ccccc1. The van der Waals surface area contributed by atoms with Gasteiger partial charge in [-0.05, 0) is 48.5 Å². The molecule has 32 heavy (non-hydrogen) atoms. The maximum absolute atomic E-state index is 13.5. The number of hydrogen-bond acceptors (Lipinski definition) is 7. The molecule has 1 heterocycles. The zero-order valence-electron chi connectivity index (χ0n) is 16.1. The number of nitro groups is 1. The van der Waals surface area contributed by atoms with Crippen LogP contribution in [-0.4, -0.2) is 24.3 Å². The van der Waals surface area contributed by atoms with Gasteiger partial charge in [-0.1, -0.05) is 35.0 Å². The Hall–Kier alpha value is -3.82. The largest absolute Gasteiger partial charge is 0.354 e. The molecule has 4 aromatic rings. The number of hydrogen-bond donors (Lipinski definition) is 0. The maximum atomic E-state index is 13.5. The van der Waals surface area contributed by atoms with Crippen molar-refractivity contribution in [2.75, 3.05) is 0 Å². The van der Waals surface area contributed by atoms with Gasteiger partial charge in [-0.15, -0.1) is 0 Å². The van der Waals surface area contributed by atoms with Gasteiger partial charge < -0.3 is 4.52 Å². The highest BCUT2D eigenvalue weighted by Gasteiger charge is 2.34. The van der Waals surface area contributed by atoms with E-state index in [4.69, 9.17) is 16.1 Å². The third-order valence-corrected chi connectivity index (χ3v) is 6.69. The van der Waals surface area contributed by atoms with Gasteiger partial charge in [-0.25, -0.2) is 8.42 Å². The highest BCUT2D eigenvalue weighted by molar-refractivity contribution is 7.91. The summed E-state index contributed by atoms with van der Waals surface area (Å²) < 4.78 is 32.3. The minimum absolute atomic E-state index is 0.0241. The van der Waals surface area contributed by atoms with Gasteiger partial charge in [0.05, 0.1) is 9.82 Å². The molecule has 160 valence electrons. The van der Waals surface area contributed by atoms with Crippen molar-refractivity contribution >= 4 is 32.9 Å². The van der Waals surface area contributed by atoms with E-state index in [1.54, 1.807) is 42.5 Å². The fraction of sp³-hybridized carbons (Fsp3) is 0. The lowest BCUT2D eigenvalue weighted by atomic mass is 10.1. The summed E-state index contributed by atoms with van der Waals surface area (Å²) in [6.45, 7) is 0. The summed E-state index contributed by atoms with van der Waals surface area (Å²) in [7, 11) is -4.21. The van der Waals surface area contributed by atoms with Crippen molar-refractivity contribution in [2.24, 2.45) is 0 Å². The van der Waals surface area contributed by atoms with E-state index < -0.39 is 31.1 Å². The van der Waals surface area contributed by atoms with Gasteiger partial charge in [0.2, 0.25) is 15.6 Å². The van der Waals surface area contributed by atoms with E-state index in [9.17, 15) is 23.3 Å². The fourth-order valence-electron chi connectivity index (χ4n) is 3.05. The molecule has 0 atom stereocenters. The Kier molecular flexibility index (Phi) is 5.60. The van der Waals surface area contributed by atoms with Crippen LogP contribution in [0.2, 0.25) is 5.02 Å². The quantitative estimate of drug-likeness (QED) is 0.222. The van der Waals surface area contributed by atoms with Crippen LogP contribution in [0.3, 0.4) is 0 Å². The molecule has 0 radical (unpaired) electrons. The number of aromatic nitrogens is 1. The average molecular weight is 469 g/mol. The van der Waals surface area contributed by atoms with Crippen LogP contribution in [0.1, 0.15) is 16.1 Å². The molecule has 0 aliphatic carbocycles. The molecule has 0 amide bonds. The average Bonchev–Trinajstić information content (AvgIpc) is 3.26. The minimum atomic E-state index is -4.21. The lowest BCUT2D eigenvalue weighted by Crippen LogP contribution is -2.11. The van der Waals surface area contributed by atoms with Gasteiger partial charge in [0, 0.05) is 28.3 Å². The predicted molar refractivity (Wildman–Crippen MR) is 115 cm³/mol.